The molecule has 0 bridgehead atoms. The maximum absolute atomic E-state index is 3.83. The van der Waals surface area contributed by atoms with Crippen LogP contribution in [0.2, 0.25) is 0 Å². The van der Waals surface area contributed by atoms with Gasteiger partial charge in [-0.1, -0.05) is 6.07 Å². The van der Waals surface area contributed by atoms with Crippen molar-refractivity contribution in [1.82, 2.24) is 19.7 Å². The molecule has 5 nitrogen and oxygen atoms in total. The smallest absolute Gasteiger partial charge is 0.119 e. The summed E-state index contributed by atoms with van der Waals surface area (Å²) in [5.41, 5.74) is 3.66. The highest BCUT2D eigenvalue weighted by Crippen LogP contribution is 2.27. The van der Waals surface area contributed by atoms with Crippen molar-refractivity contribution in [3.8, 4) is 0 Å². The molecule has 0 saturated carbocycles. The molecular weight excluding hydrogens is 238 g/mol. The number of nitrogens with zero attached hydrogens (tertiary/aromatic N) is 4. The van der Waals surface area contributed by atoms with Gasteiger partial charge in [-0.25, -0.2) is 0 Å². The zero-order valence-electron chi connectivity index (χ0n) is 11.2. The van der Waals surface area contributed by atoms with Gasteiger partial charge in [-0.3, -0.25) is 0 Å². The molecule has 98 valence electrons. The van der Waals surface area contributed by atoms with Gasteiger partial charge >= 0.3 is 0 Å². The van der Waals surface area contributed by atoms with Crippen molar-refractivity contribution in [1.29, 1.82) is 0 Å². The number of hydrogen-bond donors (Lipinski definition) is 1. The van der Waals surface area contributed by atoms with Crippen molar-refractivity contribution in [2.24, 2.45) is 0 Å². The minimum absolute atomic E-state index is 0.795. The van der Waals surface area contributed by atoms with E-state index >= 15 is 0 Å². The Bertz CT molecular complexity index is 668. The number of fused-ring (bicyclic) bond motifs is 1. The summed E-state index contributed by atoms with van der Waals surface area (Å²) in [7, 11) is 2.11. The van der Waals surface area contributed by atoms with E-state index in [0.29, 0.717) is 0 Å². The van der Waals surface area contributed by atoms with E-state index in [1.54, 1.807) is 12.7 Å². The van der Waals surface area contributed by atoms with Gasteiger partial charge in [0.05, 0.1) is 12.2 Å². The maximum atomic E-state index is 3.83. The molecular formula is C14H17N5. The third kappa shape index (κ3) is 2.19. The Morgan fingerprint density at radius 1 is 1.26 bits per heavy atom. The number of anilines is 1. The molecule has 2 heterocycles. The molecule has 0 radical (unpaired) electrons. The first-order valence-electron chi connectivity index (χ1n) is 6.41. The molecule has 1 aromatic carbocycles. The standard InChI is InChI=1S/C14H17N5/c1-3-18(2)14-7-15-13-5-4-11(6-12(13)14)8-19-9-16-17-10-19/h4-7,9-10,15H,3,8H2,1-2H3. The molecule has 0 amide bonds. The highest BCUT2D eigenvalue weighted by atomic mass is 15.2. The van der Waals surface area contributed by atoms with Crippen LogP contribution in [0, 0.1) is 0 Å². The number of aromatic nitrogens is 4. The van der Waals surface area contributed by atoms with Crippen LogP contribution in [0.4, 0.5) is 5.69 Å². The molecule has 0 unspecified atom stereocenters. The molecule has 0 atom stereocenters. The topological polar surface area (TPSA) is 49.7 Å². The van der Waals surface area contributed by atoms with Gasteiger partial charge in [0.1, 0.15) is 12.7 Å². The van der Waals surface area contributed by atoms with E-state index in [9.17, 15) is 0 Å². The van der Waals surface area contributed by atoms with Crippen molar-refractivity contribution in [2.75, 3.05) is 18.5 Å². The lowest BCUT2D eigenvalue weighted by Gasteiger charge is -2.15. The van der Waals surface area contributed by atoms with Gasteiger partial charge < -0.3 is 14.5 Å². The SMILES string of the molecule is CCN(C)c1c[nH]c2ccc(Cn3cnnc3)cc12. The van der Waals surface area contributed by atoms with Crippen molar-refractivity contribution in [3.05, 3.63) is 42.6 Å². The van der Waals surface area contributed by atoms with Gasteiger partial charge in [0.25, 0.3) is 0 Å². The highest BCUT2D eigenvalue weighted by Gasteiger charge is 2.07. The quantitative estimate of drug-likeness (QED) is 0.778. The summed E-state index contributed by atoms with van der Waals surface area (Å²) in [5.74, 6) is 0. The molecule has 0 spiro atoms. The van der Waals surface area contributed by atoms with Gasteiger partial charge in [0.2, 0.25) is 0 Å². The Morgan fingerprint density at radius 3 is 2.79 bits per heavy atom. The third-order valence-electron chi connectivity index (χ3n) is 3.44. The molecule has 3 rings (SSSR count). The van der Waals surface area contributed by atoms with E-state index in [-0.39, 0.29) is 0 Å². The molecule has 1 N–H and O–H groups in total. The molecule has 2 aromatic heterocycles. The number of rotatable bonds is 4. The van der Waals surface area contributed by atoms with E-state index in [1.165, 1.54) is 22.2 Å². The van der Waals surface area contributed by atoms with Crippen LogP contribution < -0.4 is 4.90 Å². The molecule has 0 aliphatic heterocycles. The van der Waals surface area contributed by atoms with Crippen LogP contribution in [0.25, 0.3) is 10.9 Å². The van der Waals surface area contributed by atoms with Gasteiger partial charge in [0, 0.05) is 30.7 Å². The number of H-pyrrole nitrogens is 1. The molecule has 3 aromatic rings. The van der Waals surface area contributed by atoms with E-state index in [2.05, 4.69) is 58.4 Å². The van der Waals surface area contributed by atoms with E-state index in [4.69, 9.17) is 0 Å². The van der Waals surface area contributed by atoms with Crippen LogP contribution in [0.15, 0.2) is 37.1 Å². The van der Waals surface area contributed by atoms with Gasteiger partial charge in [-0.05, 0) is 24.6 Å². The predicted molar refractivity (Wildman–Crippen MR) is 76.4 cm³/mol. The monoisotopic (exact) mass is 255 g/mol. The molecule has 19 heavy (non-hydrogen) atoms. The lowest BCUT2D eigenvalue weighted by atomic mass is 10.1. The number of benzene rings is 1. The first-order valence-corrected chi connectivity index (χ1v) is 6.41. The third-order valence-corrected chi connectivity index (χ3v) is 3.44. The predicted octanol–water partition coefficient (Wildman–Crippen LogP) is 2.26. The summed E-state index contributed by atoms with van der Waals surface area (Å²) >= 11 is 0. The van der Waals surface area contributed by atoms with Crippen LogP contribution in [-0.2, 0) is 6.54 Å². The summed E-state index contributed by atoms with van der Waals surface area (Å²) in [6, 6.07) is 6.49. The number of aromatic amines is 1. The van der Waals surface area contributed by atoms with Crippen molar-refractivity contribution >= 4 is 16.6 Å². The highest BCUT2D eigenvalue weighted by molar-refractivity contribution is 5.93. The average molecular weight is 255 g/mol. The lowest BCUT2D eigenvalue weighted by molar-refractivity contribution is 0.795. The average Bonchev–Trinajstić information content (AvgIpc) is 3.06. The van der Waals surface area contributed by atoms with Crippen molar-refractivity contribution < 1.29 is 0 Å². The van der Waals surface area contributed by atoms with Gasteiger partial charge in [-0.2, -0.15) is 0 Å². The summed E-state index contributed by atoms with van der Waals surface area (Å²) in [5, 5.41) is 8.92. The summed E-state index contributed by atoms with van der Waals surface area (Å²) in [4.78, 5) is 5.55. The van der Waals surface area contributed by atoms with Crippen LogP contribution in [0.3, 0.4) is 0 Å². The molecule has 0 saturated heterocycles. The first kappa shape index (κ1) is 11.8. The summed E-state index contributed by atoms with van der Waals surface area (Å²) < 4.78 is 1.97. The minimum atomic E-state index is 0.795. The fourth-order valence-corrected chi connectivity index (χ4v) is 2.25. The lowest BCUT2D eigenvalue weighted by Crippen LogP contribution is -2.15. The first-order chi connectivity index (χ1) is 9.28. The van der Waals surface area contributed by atoms with Crippen LogP contribution in [0.5, 0.6) is 0 Å². The number of nitrogens with one attached hydrogen (secondary N) is 1. The van der Waals surface area contributed by atoms with E-state index < -0.39 is 0 Å². The Labute approximate surface area is 111 Å². The summed E-state index contributed by atoms with van der Waals surface area (Å²) in [6.45, 7) is 3.94. The normalized spacial score (nSPS) is 11.1. The molecule has 5 heteroatoms. The Balaban J connectivity index is 1.99. The Kier molecular flexibility index (Phi) is 2.95. The largest absolute Gasteiger partial charge is 0.373 e. The van der Waals surface area contributed by atoms with Crippen LogP contribution >= 0.6 is 0 Å². The van der Waals surface area contributed by atoms with Crippen LogP contribution in [0.1, 0.15) is 12.5 Å². The van der Waals surface area contributed by atoms with E-state index in [0.717, 1.165) is 13.1 Å². The van der Waals surface area contributed by atoms with E-state index in [1.807, 2.05) is 4.57 Å². The molecule has 0 aliphatic carbocycles. The Morgan fingerprint density at radius 2 is 2.05 bits per heavy atom. The van der Waals surface area contributed by atoms with Crippen molar-refractivity contribution in [2.45, 2.75) is 13.5 Å². The molecule has 0 fully saturated rings. The minimum Gasteiger partial charge on any atom is -0.373 e. The van der Waals surface area contributed by atoms with Gasteiger partial charge in [0.15, 0.2) is 0 Å². The second-order valence-electron chi connectivity index (χ2n) is 4.70. The fourth-order valence-electron chi connectivity index (χ4n) is 2.25. The molecule has 0 aliphatic rings. The van der Waals surface area contributed by atoms with Gasteiger partial charge in [-0.15, -0.1) is 10.2 Å². The van der Waals surface area contributed by atoms with Crippen molar-refractivity contribution in [3.63, 3.8) is 0 Å². The van der Waals surface area contributed by atoms with Crippen LogP contribution in [-0.4, -0.2) is 33.3 Å². The maximum Gasteiger partial charge on any atom is 0.119 e. The second-order valence-corrected chi connectivity index (χ2v) is 4.70. The fraction of sp³-hybridized carbons (Fsp3) is 0.286. The number of hydrogen-bond acceptors (Lipinski definition) is 3. The Hall–Kier alpha value is -2.30. The zero-order chi connectivity index (χ0) is 13.2. The summed E-state index contributed by atoms with van der Waals surface area (Å²) in [6.07, 6.45) is 5.54. The second kappa shape index (κ2) is 4.76. The zero-order valence-corrected chi connectivity index (χ0v) is 11.2.